The van der Waals surface area contributed by atoms with Crippen LogP contribution in [0.2, 0.25) is 0 Å². The Kier molecular flexibility index (Phi) is 7.14. The molecule has 1 fully saturated rings. The molecule has 0 aliphatic carbocycles. The van der Waals surface area contributed by atoms with Gasteiger partial charge in [-0.05, 0) is 53.4 Å². The molecule has 0 unspecified atom stereocenters. The molecule has 0 saturated carbocycles. The number of hydrogen-bond acceptors (Lipinski definition) is 7. The highest BCUT2D eigenvalue weighted by Gasteiger charge is 2.26. The molecule has 10 heteroatoms. The van der Waals surface area contributed by atoms with Crippen LogP contribution in [-0.4, -0.2) is 41.9 Å². The number of amides is 1. The summed E-state index contributed by atoms with van der Waals surface area (Å²) in [6, 6.07) is 20.6. The summed E-state index contributed by atoms with van der Waals surface area (Å²) in [5, 5.41) is 13.9. The van der Waals surface area contributed by atoms with E-state index in [1.165, 1.54) is 56.2 Å². The number of hydrogen-bond donors (Lipinski definition) is 1. The fourth-order valence-electron chi connectivity index (χ4n) is 4.08. The summed E-state index contributed by atoms with van der Waals surface area (Å²) in [7, 11) is -3.52. The second-order valence-electron chi connectivity index (χ2n) is 8.24. The molecule has 1 aliphatic heterocycles. The normalized spacial score (nSPS) is 14.7. The fraction of sp³-hybridized carbons (Fsp3) is 0.240. The predicted molar refractivity (Wildman–Crippen MR) is 140 cm³/mol. The van der Waals surface area contributed by atoms with Gasteiger partial charge in [0.1, 0.15) is 0 Å². The molecule has 5 rings (SSSR count). The molecule has 1 amide bonds. The quantitative estimate of drug-likeness (QED) is 0.257. The third-order valence-corrected chi connectivity index (χ3v) is 9.86. The van der Waals surface area contributed by atoms with Gasteiger partial charge in [0.15, 0.2) is 4.34 Å². The molecule has 0 bridgehead atoms. The molecular weight excluding hydrogens is 501 g/mol. The van der Waals surface area contributed by atoms with Crippen molar-refractivity contribution in [3.8, 4) is 0 Å². The Morgan fingerprint density at radius 3 is 2.49 bits per heavy atom. The number of rotatable bonds is 7. The molecule has 35 heavy (non-hydrogen) atoms. The minimum atomic E-state index is -3.52. The minimum Gasteiger partial charge on any atom is -0.296 e. The highest BCUT2D eigenvalue weighted by Crippen LogP contribution is 2.31. The van der Waals surface area contributed by atoms with Crippen molar-refractivity contribution in [3.05, 3.63) is 77.9 Å². The molecule has 1 aliphatic rings. The molecule has 1 aromatic heterocycles. The van der Waals surface area contributed by atoms with Crippen LogP contribution >= 0.6 is 23.1 Å². The minimum absolute atomic E-state index is 0.207. The van der Waals surface area contributed by atoms with E-state index in [-0.39, 0.29) is 10.8 Å². The van der Waals surface area contributed by atoms with Gasteiger partial charge in [-0.1, -0.05) is 72.0 Å². The smallest absolute Gasteiger partial charge is 0.257 e. The van der Waals surface area contributed by atoms with Crippen LogP contribution in [0.15, 0.2) is 76.0 Å². The van der Waals surface area contributed by atoms with E-state index in [0.717, 1.165) is 29.4 Å². The summed E-state index contributed by atoms with van der Waals surface area (Å²) < 4.78 is 27.9. The zero-order valence-electron chi connectivity index (χ0n) is 18.9. The van der Waals surface area contributed by atoms with Crippen LogP contribution in [0, 0.1) is 0 Å². The Bertz CT molecular complexity index is 1440. The summed E-state index contributed by atoms with van der Waals surface area (Å²) in [4.78, 5) is 12.9. The van der Waals surface area contributed by atoms with Gasteiger partial charge >= 0.3 is 0 Å². The summed E-state index contributed by atoms with van der Waals surface area (Å²) in [6.07, 6.45) is 2.81. The van der Waals surface area contributed by atoms with Crippen molar-refractivity contribution >= 4 is 54.9 Å². The van der Waals surface area contributed by atoms with Gasteiger partial charge in [0.05, 0.1) is 4.90 Å². The SMILES string of the molecule is O=C(Nc1nnc(SCc2cccc3ccccc23)s1)c1ccc(S(=O)(=O)N2CCCCC2)cc1. The largest absolute Gasteiger partial charge is 0.296 e. The number of piperidine rings is 1. The van der Waals surface area contributed by atoms with E-state index in [4.69, 9.17) is 0 Å². The lowest BCUT2D eigenvalue weighted by molar-refractivity contribution is 0.102. The Morgan fingerprint density at radius 2 is 1.69 bits per heavy atom. The monoisotopic (exact) mass is 524 g/mol. The summed E-state index contributed by atoms with van der Waals surface area (Å²) in [6.45, 7) is 1.09. The Morgan fingerprint density at radius 1 is 0.943 bits per heavy atom. The number of fused-ring (bicyclic) bond motifs is 1. The molecule has 180 valence electrons. The van der Waals surface area contributed by atoms with Crippen molar-refractivity contribution in [2.24, 2.45) is 0 Å². The van der Waals surface area contributed by atoms with Crippen molar-refractivity contribution in [2.45, 2.75) is 34.3 Å². The molecule has 2 heterocycles. The number of anilines is 1. The number of carbonyl (C=O) groups excluding carboxylic acids is 1. The predicted octanol–water partition coefficient (Wildman–Crippen LogP) is 5.41. The van der Waals surface area contributed by atoms with Gasteiger partial charge in [-0.15, -0.1) is 10.2 Å². The van der Waals surface area contributed by atoms with Crippen LogP contribution in [-0.2, 0) is 15.8 Å². The van der Waals surface area contributed by atoms with Crippen LogP contribution in [0.5, 0.6) is 0 Å². The van der Waals surface area contributed by atoms with E-state index in [0.29, 0.717) is 23.8 Å². The second-order valence-corrected chi connectivity index (χ2v) is 12.4. The van der Waals surface area contributed by atoms with Gasteiger partial charge in [-0.25, -0.2) is 8.42 Å². The molecule has 0 radical (unpaired) electrons. The molecule has 0 atom stereocenters. The van der Waals surface area contributed by atoms with E-state index < -0.39 is 10.0 Å². The number of nitrogens with zero attached hydrogens (tertiary/aromatic N) is 3. The zero-order chi connectivity index (χ0) is 24.3. The van der Waals surface area contributed by atoms with E-state index in [1.54, 1.807) is 11.8 Å². The van der Waals surface area contributed by atoms with Crippen LogP contribution in [0.4, 0.5) is 5.13 Å². The topological polar surface area (TPSA) is 92.3 Å². The van der Waals surface area contributed by atoms with E-state index in [2.05, 4.69) is 39.8 Å². The average Bonchev–Trinajstić information content (AvgIpc) is 3.35. The first-order valence-electron chi connectivity index (χ1n) is 11.4. The van der Waals surface area contributed by atoms with Gasteiger partial charge < -0.3 is 0 Å². The molecule has 1 saturated heterocycles. The van der Waals surface area contributed by atoms with E-state index in [1.807, 2.05) is 18.2 Å². The van der Waals surface area contributed by atoms with Gasteiger partial charge in [0.2, 0.25) is 15.2 Å². The number of nitrogens with one attached hydrogen (secondary N) is 1. The number of sulfonamides is 1. The molecular formula is C25H24N4O3S3. The highest BCUT2D eigenvalue weighted by molar-refractivity contribution is 8.00. The third-order valence-electron chi connectivity index (χ3n) is 5.93. The first-order chi connectivity index (χ1) is 17.0. The van der Waals surface area contributed by atoms with Crippen molar-refractivity contribution in [1.29, 1.82) is 0 Å². The average molecular weight is 525 g/mol. The van der Waals surface area contributed by atoms with Crippen LogP contribution < -0.4 is 5.32 Å². The van der Waals surface area contributed by atoms with Crippen molar-refractivity contribution in [1.82, 2.24) is 14.5 Å². The van der Waals surface area contributed by atoms with Crippen LogP contribution in [0.1, 0.15) is 35.2 Å². The lowest BCUT2D eigenvalue weighted by Gasteiger charge is -2.25. The van der Waals surface area contributed by atoms with E-state index in [9.17, 15) is 13.2 Å². The Balaban J connectivity index is 1.21. The molecule has 3 aromatic carbocycles. The van der Waals surface area contributed by atoms with Crippen LogP contribution in [0.3, 0.4) is 0 Å². The number of thioether (sulfide) groups is 1. The molecule has 0 spiro atoms. The highest BCUT2D eigenvalue weighted by atomic mass is 32.2. The van der Waals surface area contributed by atoms with Gasteiger partial charge in [0, 0.05) is 24.4 Å². The van der Waals surface area contributed by atoms with Gasteiger partial charge in [-0.3, -0.25) is 10.1 Å². The molecule has 7 nitrogen and oxygen atoms in total. The first-order valence-corrected chi connectivity index (χ1v) is 14.6. The lowest BCUT2D eigenvalue weighted by Crippen LogP contribution is -2.35. The Labute approximate surface area is 212 Å². The Hall–Kier alpha value is -2.79. The van der Waals surface area contributed by atoms with Crippen LogP contribution in [0.25, 0.3) is 10.8 Å². The number of carbonyl (C=O) groups is 1. The number of aromatic nitrogens is 2. The standard InChI is InChI=1S/C25H24N4O3S3/c30-23(19-11-13-21(14-12-19)35(31,32)29-15-4-1-5-16-29)26-24-27-28-25(34-24)33-17-20-9-6-8-18-7-2-3-10-22(18)20/h2-3,6-14H,1,4-5,15-17H2,(H,26,27,30). The zero-order valence-corrected chi connectivity index (χ0v) is 21.3. The number of benzene rings is 3. The maximum absolute atomic E-state index is 12.8. The molecule has 4 aromatic rings. The van der Waals surface area contributed by atoms with Crippen molar-refractivity contribution in [2.75, 3.05) is 18.4 Å². The summed E-state index contributed by atoms with van der Waals surface area (Å²) in [5.74, 6) is 0.394. The maximum atomic E-state index is 12.8. The first kappa shape index (κ1) is 23.9. The summed E-state index contributed by atoms with van der Waals surface area (Å²) >= 11 is 2.89. The second kappa shape index (κ2) is 10.4. The van der Waals surface area contributed by atoms with Crippen molar-refractivity contribution < 1.29 is 13.2 Å². The van der Waals surface area contributed by atoms with E-state index >= 15 is 0 Å². The van der Waals surface area contributed by atoms with Crippen molar-refractivity contribution in [3.63, 3.8) is 0 Å². The summed E-state index contributed by atoms with van der Waals surface area (Å²) in [5.41, 5.74) is 1.58. The van der Waals surface area contributed by atoms with Gasteiger partial charge in [-0.2, -0.15) is 4.31 Å². The fourth-order valence-corrected chi connectivity index (χ4v) is 7.35. The maximum Gasteiger partial charge on any atom is 0.257 e. The third kappa shape index (κ3) is 5.40. The van der Waals surface area contributed by atoms with Gasteiger partial charge in [0.25, 0.3) is 5.91 Å². The lowest BCUT2D eigenvalue weighted by atomic mass is 10.1. The molecule has 1 N–H and O–H groups in total.